The number of ketones is 1. The molecule has 4 aliphatic rings. The van der Waals surface area contributed by atoms with Gasteiger partial charge in [-0.3, -0.25) is 14.4 Å². The van der Waals surface area contributed by atoms with Crippen LogP contribution >= 0.6 is 0 Å². The number of hydrogen-bond acceptors (Lipinski definition) is 6. The summed E-state index contributed by atoms with van der Waals surface area (Å²) >= 11 is 0. The number of fused-ring (bicyclic) bond motifs is 1. The van der Waals surface area contributed by atoms with Gasteiger partial charge in [0.05, 0.1) is 12.1 Å². The monoisotopic (exact) mass is 522 g/mol. The third-order valence-corrected chi connectivity index (χ3v) is 8.86. The normalized spacial score (nSPS) is 27.6. The number of likely N-dealkylation sites (tertiary alicyclic amines) is 2. The van der Waals surface area contributed by atoms with E-state index in [9.17, 15) is 14.4 Å². The first-order valence-electron chi connectivity index (χ1n) is 14.1. The number of azide groups is 1. The molecule has 38 heavy (non-hydrogen) atoms. The maximum absolute atomic E-state index is 14.0. The van der Waals surface area contributed by atoms with Crippen LogP contribution in [-0.2, 0) is 14.3 Å². The van der Waals surface area contributed by atoms with Crippen LogP contribution in [0.5, 0.6) is 0 Å². The first-order chi connectivity index (χ1) is 18.5. The van der Waals surface area contributed by atoms with Crippen LogP contribution in [0.15, 0.2) is 29.4 Å². The molecule has 0 spiro atoms. The van der Waals surface area contributed by atoms with Crippen LogP contribution in [0.1, 0.15) is 80.1 Å². The van der Waals surface area contributed by atoms with E-state index in [-0.39, 0.29) is 30.7 Å². The van der Waals surface area contributed by atoms with E-state index in [1.165, 1.54) is 16.9 Å². The number of carbonyl (C=O) groups is 3. The Hall–Kier alpha value is -2.94. The van der Waals surface area contributed by atoms with Crippen molar-refractivity contribution in [1.29, 1.82) is 0 Å². The molecule has 0 unspecified atom stereocenters. The second-order valence-electron chi connectivity index (χ2n) is 11.3. The zero-order valence-electron chi connectivity index (χ0n) is 22.2. The molecule has 0 radical (unpaired) electrons. The van der Waals surface area contributed by atoms with Gasteiger partial charge in [0, 0.05) is 17.0 Å². The number of benzene rings is 1. The first-order valence-corrected chi connectivity index (χ1v) is 14.1. The maximum Gasteiger partial charge on any atom is 0.252 e. The Labute approximate surface area is 223 Å². The molecule has 3 atom stereocenters. The molecule has 10 heteroatoms. The van der Waals surface area contributed by atoms with Crippen LogP contribution in [0.4, 0.5) is 0 Å². The van der Waals surface area contributed by atoms with Crippen LogP contribution in [0.3, 0.4) is 0 Å². The van der Waals surface area contributed by atoms with Crippen molar-refractivity contribution in [2.45, 2.75) is 87.9 Å². The summed E-state index contributed by atoms with van der Waals surface area (Å²) in [7, 11) is 0. The van der Waals surface area contributed by atoms with Crippen LogP contribution in [0, 0.1) is 0 Å². The Balaban J connectivity index is 1.30. The molecule has 204 valence electrons. The van der Waals surface area contributed by atoms with Crippen molar-refractivity contribution < 1.29 is 19.1 Å². The molecule has 3 heterocycles. The Bertz CT molecular complexity index is 1090. The lowest BCUT2D eigenvalue weighted by Gasteiger charge is -2.40. The summed E-state index contributed by atoms with van der Waals surface area (Å²) in [4.78, 5) is 47.0. The van der Waals surface area contributed by atoms with Gasteiger partial charge >= 0.3 is 0 Å². The maximum atomic E-state index is 14.0. The number of ether oxygens (including phenoxy) is 1. The van der Waals surface area contributed by atoms with Crippen molar-refractivity contribution in [3.63, 3.8) is 0 Å². The van der Waals surface area contributed by atoms with E-state index in [0.29, 0.717) is 24.3 Å². The Morgan fingerprint density at radius 3 is 2.53 bits per heavy atom. The molecule has 0 aromatic heterocycles. The molecule has 4 fully saturated rings. The quantitative estimate of drug-likeness (QED) is 0.333. The molecule has 2 amide bonds. The smallest absolute Gasteiger partial charge is 0.252 e. The average Bonchev–Trinajstić information content (AvgIpc) is 3.50. The van der Waals surface area contributed by atoms with Crippen molar-refractivity contribution in [2.24, 2.45) is 5.11 Å². The number of carbonyl (C=O) groups excluding carboxylic acids is 3. The molecule has 1 N–H and O–H groups in total. The molecular weight excluding hydrogens is 484 g/mol. The van der Waals surface area contributed by atoms with Crippen molar-refractivity contribution >= 4 is 17.6 Å². The number of piperidine rings is 1. The lowest BCUT2D eigenvalue weighted by Crippen LogP contribution is -2.62. The highest BCUT2D eigenvalue weighted by atomic mass is 16.5. The lowest BCUT2D eigenvalue weighted by molar-refractivity contribution is -0.143. The van der Waals surface area contributed by atoms with Gasteiger partial charge in [-0.05, 0) is 80.9 Å². The summed E-state index contributed by atoms with van der Waals surface area (Å²) in [5.74, 6) is -0.233. The van der Waals surface area contributed by atoms with Gasteiger partial charge in [-0.25, -0.2) is 0 Å². The number of nitrogens with one attached hydrogen (secondary N) is 1. The van der Waals surface area contributed by atoms with Gasteiger partial charge in [0.1, 0.15) is 18.2 Å². The fourth-order valence-corrected chi connectivity index (χ4v) is 6.83. The standard InChI is InChI=1S/C28H38N6O4/c1-2-14-33-15-10-20(11-16-33)19-6-8-21(9-7-19)26(36)30-28(12-4-3-5-13-28)27(37)34-17-22(31-32-29)25-24(34)23(35)18-38-25/h6-9,20,22,24-25H,2-5,10-18H2,1H3,(H,30,36)/t22-,24-,25-/m1/s1. The zero-order chi connectivity index (χ0) is 26.7. The molecular formula is C28H38N6O4. The van der Waals surface area contributed by atoms with Crippen molar-refractivity contribution in [1.82, 2.24) is 15.1 Å². The second-order valence-corrected chi connectivity index (χ2v) is 11.3. The summed E-state index contributed by atoms with van der Waals surface area (Å²) in [5.41, 5.74) is 9.68. The molecule has 3 saturated heterocycles. The molecule has 10 nitrogen and oxygen atoms in total. The number of amides is 2. The third kappa shape index (κ3) is 5.17. The summed E-state index contributed by atoms with van der Waals surface area (Å²) in [6.07, 6.45) is 6.45. The van der Waals surface area contributed by atoms with Crippen LogP contribution in [0.2, 0.25) is 0 Å². The Morgan fingerprint density at radius 2 is 1.87 bits per heavy atom. The van der Waals surface area contributed by atoms with Gasteiger partial charge in [0.2, 0.25) is 5.91 Å². The van der Waals surface area contributed by atoms with Crippen molar-refractivity contribution in [3.05, 3.63) is 45.8 Å². The average molecular weight is 523 g/mol. The second kappa shape index (κ2) is 11.4. The largest absolute Gasteiger partial charge is 0.367 e. The van der Waals surface area contributed by atoms with E-state index in [2.05, 4.69) is 39.3 Å². The predicted octanol–water partition coefficient (Wildman–Crippen LogP) is 3.57. The molecule has 1 aromatic rings. The highest BCUT2D eigenvalue weighted by Crippen LogP contribution is 2.36. The minimum Gasteiger partial charge on any atom is -0.367 e. The minimum atomic E-state index is -1.08. The number of nitrogens with zero attached hydrogens (tertiary/aromatic N) is 5. The van der Waals surface area contributed by atoms with E-state index in [1.807, 2.05) is 12.1 Å². The minimum absolute atomic E-state index is 0.0973. The summed E-state index contributed by atoms with van der Waals surface area (Å²) in [5, 5.41) is 6.88. The topological polar surface area (TPSA) is 128 Å². The Morgan fingerprint density at radius 1 is 1.16 bits per heavy atom. The summed E-state index contributed by atoms with van der Waals surface area (Å²) in [6.45, 7) is 5.60. The highest BCUT2D eigenvalue weighted by Gasteiger charge is 2.56. The van der Waals surface area contributed by atoms with E-state index < -0.39 is 23.7 Å². The van der Waals surface area contributed by atoms with Gasteiger partial charge in [0.25, 0.3) is 5.91 Å². The third-order valence-electron chi connectivity index (χ3n) is 8.86. The SMILES string of the molecule is CCCN1CCC(c2ccc(C(=O)NC3(C(=O)N4C[C@@H](N=[N+]=[N-])[C@H]5OCC(=O)[C@H]54)CCCCC3)cc2)CC1. The van der Waals surface area contributed by atoms with Crippen LogP contribution in [-0.4, -0.2) is 83.9 Å². The lowest BCUT2D eigenvalue weighted by atomic mass is 9.80. The van der Waals surface area contributed by atoms with Gasteiger partial charge in [-0.2, -0.15) is 0 Å². The predicted molar refractivity (Wildman–Crippen MR) is 142 cm³/mol. The van der Waals surface area contributed by atoms with E-state index in [4.69, 9.17) is 10.3 Å². The molecule has 1 aromatic carbocycles. The van der Waals surface area contributed by atoms with Crippen LogP contribution in [0.25, 0.3) is 10.4 Å². The van der Waals surface area contributed by atoms with Gasteiger partial charge in [0.15, 0.2) is 5.78 Å². The van der Waals surface area contributed by atoms with Gasteiger partial charge in [-0.1, -0.05) is 43.4 Å². The molecule has 1 aliphatic carbocycles. The van der Waals surface area contributed by atoms with Gasteiger partial charge < -0.3 is 19.9 Å². The molecule has 5 rings (SSSR count). The number of hydrogen-bond donors (Lipinski definition) is 1. The van der Waals surface area contributed by atoms with Gasteiger partial charge in [-0.15, -0.1) is 0 Å². The van der Waals surface area contributed by atoms with Crippen LogP contribution < -0.4 is 5.32 Å². The van der Waals surface area contributed by atoms with E-state index in [0.717, 1.165) is 51.7 Å². The Kier molecular flexibility index (Phi) is 8.02. The highest BCUT2D eigenvalue weighted by molar-refractivity contribution is 6.01. The number of rotatable bonds is 7. The van der Waals surface area contributed by atoms with Crippen molar-refractivity contribution in [2.75, 3.05) is 32.8 Å². The fraction of sp³-hybridized carbons (Fsp3) is 0.679. The van der Waals surface area contributed by atoms with Crippen molar-refractivity contribution in [3.8, 4) is 0 Å². The number of Topliss-reactive ketones (excluding diaryl/α,β-unsaturated/α-hetero) is 1. The van der Waals surface area contributed by atoms with E-state index in [1.54, 1.807) is 0 Å². The molecule has 3 aliphatic heterocycles. The van der Waals surface area contributed by atoms with E-state index >= 15 is 0 Å². The first kappa shape index (κ1) is 26.7. The fourth-order valence-electron chi connectivity index (χ4n) is 6.83. The molecule has 0 bridgehead atoms. The summed E-state index contributed by atoms with van der Waals surface area (Å²) in [6, 6.07) is 6.45. The summed E-state index contributed by atoms with van der Waals surface area (Å²) < 4.78 is 5.59. The zero-order valence-corrected chi connectivity index (χ0v) is 22.2. The molecule has 1 saturated carbocycles.